The first-order valence-corrected chi connectivity index (χ1v) is 13.6. The van der Waals surface area contributed by atoms with Crippen molar-refractivity contribution in [3.05, 3.63) is 29.3 Å². The number of piperazine rings is 1. The number of hydrogen-bond acceptors (Lipinski definition) is 6. The lowest BCUT2D eigenvalue weighted by Gasteiger charge is -2.36. The Morgan fingerprint density at radius 3 is 2.32 bits per heavy atom. The van der Waals surface area contributed by atoms with Gasteiger partial charge in [-0.05, 0) is 37.6 Å². The van der Waals surface area contributed by atoms with E-state index in [0.29, 0.717) is 18.1 Å². The third kappa shape index (κ3) is 5.02. The van der Waals surface area contributed by atoms with E-state index in [1.54, 1.807) is 17.0 Å². The van der Waals surface area contributed by atoms with Crippen molar-refractivity contribution < 1.29 is 21.6 Å². The molecule has 2 aliphatic rings. The van der Waals surface area contributed by atoms with Crippen LogP contribution in [0.4, 0.5) is 0 Å². The molecule has 0 aliphatic carbocycles. The van der Waals surface area contributed by atoms with E-state index in [1.807, 2.05) is 19.1 Å². The Kier molecular flexibility index (Phi) is 6.65. The molecule has 3 rings (SSSR count). The van der Waals surface area contributed by atoms with E-state index in [1.165, 1.54) is 16.1 Å². The molecule has 0 spiro atoms. The molecule has 0 radical (unpaired) electrons. The molecule has 11 heteroatoms. The maximum Gasteiger partial charge on any atom is 0.235 e. The number of rotatable bonds is 5. The average molecular weight is 467 g/mol. The monoisotopic (exact) mass is 466 g/mol. The zero-order valence-electron chi connectivity index (χ0n) is 15.5. The van der Waals surface area contributed by atoms with Gasteiger partial charge in [0.05, 0.1) is 22.0 Å². The Morgan fingerprint density at radius 1 is 1.18 bits per heavy atom. The molecule has 0 bridgehead atoms. The molecule has 7 nitrogen and oxygen atoms in total. The molecule has 2 aliphatic heterocycles. The first-order valence-electron chi connectivity index (χ1n) is 8.99. The number of carbonyl (C=O) groups is 1. The van der Waals surface area contributed by atoms with Gasteiger partial charge in [0.15, 0.2) is 9.84 Å². The highest BCUT2D eigenvalue weighted by Gasteiger charge is 2.41. The van der Waals surface area contributed by atoms with Crippen molar-refractivity contribution in [3.8, 4) is 0 Å². The summed E-state index contributed by atoms with van der Waals surface area (Å²) in [6, 6.07) is 7.26. The molecule has 1 amide bonds. The van der Waals surface area contributed by atoms with Gasteiger partial charge in [-0.25, -0.2) is 16.8 Å². The van der Waals surface area contributed by atoms with Crippen LogP contribution in [0.2, 0.25) is 5.02 Å². The smallest absolute Gasteiger partial charge is 0.235 e. The number of sulfonamides is 1. The highest BCUT2D eigenvalue weighted by atomic mass is 35.5. The number of hydrogen-bond donors (Lipinski definition) is 0. The predicted octanol–water partition coefficient (Wildman–Crippen LogP) is 1.48. The second kappa shape index (κ2) is 8.51. The lowest BCUT2D eigenvalue weighted by atomic mass is 10.3. The summed E-state index contributed by atoms with van der Waals surface area (Å²) in [5.41, 5.74) is 0. The van der Waals surface area contributed by atoms with Gasteiger partial charge in [0.25, 0.3) is 0 Å². The largest absolute Gasteiger partial charge is 0.339 e. The second-order valence-corrected chi connectivity index (χ2v) is 13.3. The Balaban J connectivity index is 1.55. The van der Waals surface area contributed by atoms with Gasteiger partial charge in [-0.3, -0.25) is 4.79 Å². The van der Waals surface area contributed by atoms with Crippen molar-refractivity contribution in [2.75, 3.05) is 37.7 Å². The van der Waals surface area contributed by atoms with Crippen LogP contribution in [0, 0.1) is 0 Å². The van der Waals surface area contributed by atoms with Gasteiger partial charge in [0, 0.05) is 36.1 Å². The molecule has 156 valence electrons. The molecule has 0 N–H and O–H groups in total. The van der Waals surface area contributed by atoms with Crippen LogP contribution in [-0.4, -0.2) is 80.1 Å². The summed E-state index contributed by atoms with van der Waals surface area (Å²) in [4.78, 5) is 15.3. The van der Waals surface area contributed by atoms with Crippen LogP contribution < -0.4 is 0 Å². The van der Waals surface area contributed by atoms with Gasteiger partial charge in [-0.1, -0.05) is 11.6 Å². The summed E-state index contributed by atoms with van der Waals surface area (Å²) in [7, 11) is -6.92. The normalized spacial score (nSPS) is 24.2. The molecule has 0 aromatic heterocycles. The quantitative estimate of drug-likeness (QED) is 0.610. The number of amides is 1. The number of thioether (sulfide) groups is 1. The summed E-state index contributed by atoms with van der Waals surface area (Å²) < 4.78 is 49.9. The van der Waals surface area contributed by atoms with E-state index in [9.17, 15) is 21.6 Å². The van der Waals surface area contributed by atoms with E-state index in [0.717, 1.165) is 4.90 Å². The van der Waals surface area contributed by atoms with E-state index < -0.39 is 25.1 Å². The van der Waals surface area contributed by atoms with Crippen molar-refractivity contribution in [2.24, 2.45) is 0 Å². The Morgan fingerprint density at radius 2 is 1.79 bits per heavy atom. The van der Waals surface area contributed by atoms with Gasteiger partial charge < -0.3 is 4.90 Å². The Labute approximate surface area is 175 Å². The number of benzene rings is 1. The number of carbonyl (C=O) groups excluding carboxylic acids is 1. The minimum Gasteiger partial charge on any atom is -0.339 e. The summed E-state index contributed by atoms with van der Waals surface area (Å²) in [6.07, 6.45) is 0.151. The molecular formula is C17H23ClN2O5S3. The zero-order chi connectivity index (χ0) is 20.5. The molecule has 2 heterocycles. The summed E-state index contributed by atoms with van der Waals surface area (Å²) >= 11 is 7.31. The number of nitrogens with zero attached hydrogens (tertiary/aromatic N) is 2. The first kappa shape index (κ1) is 21.9. The van der Waals surface area contributed by atoms with Crippen LogP contribution in [0.25, 0.3) is 0 Å². The second-order valence-electron chi connectivity index (χ2n) is 7.01. The number of sulfone groups is 1. The van der Waals surface area contributed by atoms with Gasteiger partial charge in [-0.2, -0.15) is 4.31 Å². The maximum atomic E-state index is 12.7. The van der Waals surface area contributed by atoms with Crippen LogP contribution in [0.1, 0.15) is 13.3 Å². The Hall–Kier alpha value is -0.810. The molecule has 2 atom stereocenters. The van der Waals surface area contributed by atoms with Gasteiger partial charge in [0.1, 0.15) is 0 Å². The fourth-order valence-electron chi connectivity index (χ4n) is 3.39. The highest BCUT2D eigenvalue weighted by Crippen LogP contribution is 2.27. The van der Waals surface area contributed by atoms with Crippen molar-refractivity contribution >= 4 is 49.1 Å². The fourth-order valence-corrected chi connectivity index (χ4v) is 8.98. The third-order valence-corrected chi connectivity index (χ3v) is 10.7. The first-order chi connectivity index (χ1) is 13.1. The molecule has 2 fully saturated rings. The maximum absolute atomic E-state index is 12.7. The highest BCUT2D eigenvalue weighted by molar-refractivity contribution is 8.00. The molecule has 1 aromatic carbocycles. The van der Waals surface area contributed by atoms with Crippen molar-refractivity contribution in [3.63, 3.8) is 0 Å². The van der Waals surface area contributed by atoms with Crippen LogP contribution in [-0.2, 0) is 24.7 Å². The molecule has 2 unspecified atom stereocenters. The van der Waals surface area contributed by atoms with Crippen LogP contribution in [0.3, 0.4) is 0 Å². The van der Waals surface area contributed by atoms with Gasteiger partial charge in [-0.15, -0.1) is 11.8 Å². The van der Waals surface area contributed by atoms with E-state index in [2.05, 4.69) is 0 Å². The van der Waals surface area contributed by atoms with E-state index in [-0.39, 0.29) is 42.2 Å². The zero-order valence-corrected chi connectivity index (χ0v) is 18.7. The minimum absolute atomic E-state index is 0.0413. The van der Waals surface area contributed by atoms with Gasteiger partial charge in [0.2, 0.25) is 15.9 Å². The van der Waals surface area contributed by atoms with E-state index in [4.69, 9.17) is 11.6 Å². The Bertz CT molecular complexity index is 926. The minimum atomic E-state index is -3.66. The summed E-state index contributed by atoms with van der Waals surface area (Å²) in [5, 5.41) is -0.529. The third-order valence-electron chi connectivity index (χ3n) is 5.00. The van der Waals surface area contributed by atoms with E-state index >= 15 is 0 Å². The molecule has 1 aromatic rings. The number of halogens is 1. The lowest BCUT2D eigenvalue weighted by molar-refractivity contribution is -0.131. The van der Waals surface area contributed by atoms with Crippen LogP contribution in [0.5, 0.6) is 0 Å². The fraction of sp³-hybridized carbons (Fsp3) is 0.588. The average Bonchev–Trinajstić information content (AvgIpc) is 3.03. The van der Waals surface area contributed by atoms with Crippen molar-refractivity contribution in [2.45, 2.75) is 28.7 Å². The molecular weight excluding hydrogens is 444 g/mol. The predicted molar refractivity (Wildman–Crippen MR) is 111 cm³/mol. The SMILES string of the molecule is CC(Sc1ccc(Cl)cc1)C(=O)N1CCN(S(=O)(=O)C2CCS(=O)(=O)C2)CC1. The van der Waals surface area contributed by atoms with Crippen LogP contribution in [0.15, 0.2) is 29.2 Å². The summed E-state index contributed by atoms with van der Waals surface area (Å²) in [6.45, 7) is 2.84. The van der Waals surface area contributed by atoms with Crippen molar-refractivity contribution in [1.29, 1.82) is 0 Å². The standard InChI is InChI=1S/C17H23ClN2O5S3/c1-13(26-15-4-2-14(18)3-5-15)17(21)19-7-9-20(10-8-19)28(24,25)16-6-11-27(22,23)12-16/h2-5,13,16H,6-12H2,1H3. The van der Waals surface area contributed by atoms with Crippen LogP contribution >= 0.6 is 23.4 Å². The molecule has 0 saturated carbocycles. The van der Waals surface area contributed by atoms with Gasteiger partial charge >= 0.3 is 0 Å². The van der Waals surface area contributed by atoms with Crippen molar-refractivity contribution in [1.82, 2.24) is 9.21 Å². The topological polar surface area (TPSA) is 91.8 Å². The summed E-state index contributed by atoms with van der Waals surface area (Å²) in [5.74, 6) is -0.418. The molecule has 28 heavy (non-hydrogen) atoms. The molecule has 2 saturated heterocycles. The lowest BCUT2D eigenvalue weighted by Crippen LogP contribution is -2.54.